The average Bonchev–Trinajstić information content (AvgIpc) is 3.08. The minimum atomic E-state index is -4.42. The molecule has 2 aromatic rings. The van der Waals surface area contributed by atoms with E-state index in [9.17, 15) is 18.0 Å². The Labute approximate surface area is 162 Å². The van der Waals surface area contributed by atoms with Crippen molar-refractivity contribution in [2.24, 2.45) is 11.8 Å². The highest BCUT2D eigenvalue weighted by molar-refractivity contribution is 5.95. The lowest BCUT2D eigenvalue weighted by Gasteiger charge is -2.41. The van der Waals surface area contributed by atoms with Crippen molar-refractivity contribution >= 4 is 5.91 Å². The van der Waals surface area contributed by atoms with Crippen molar-refractivity contribution in [1.82, 2.24) is 14.7 Å². The van der Waals surface area contributed by atoms with Crippen molar-refractivity contribution < 1.29 is 18.0 Å². The number of amides is 1. The molecule has 150 valence electrons. The van der Waals surface area contributed by atoms with E-state index in [-0.39, 0.29) is 5.91 Å². The van der Waals surface area contributed by atoms with Crippen molar-refractivity contribution in [3.05, 3.63) is 47.3 Å². The van der Waals surface area contributed by atoms with Gasteiger partial charge in [-0.25, -0.2) is 4.68 Å². The average molecular weight is 391 g/mol. The second-order valence-corrected chi connectivity index (χ2v) is 7.95. The van der Waals surface area contributed by atoms with Crippen LogP contribution in [0.25, 0.3) is 5.69 Å². The van der Waals surface area contributed by atoms with E-state index in [0.717, 1.165) is 37.6 Å². The molecular formula is C21H24F3N3O. The van der Waals surface area contributed by atoms with E-state index >= 15 is 0 Å². The predicted molar refractivity (Wildman–Crippen MR) is 99.3 cm³/mol. The van der Waals surface area contributed by atoms with Crippen LogP contribution in [0.1, 0.15) is 53.7 Å². The molecule has 7 heteroatoms. The van der Waals surface area contributed by atoms with E-state index in [1.165, 1.54) is 42.6 Å². The Morgan fingerprint density at radius 1 is 1.14 bits per heavy atom. The first kappa shape index (κ1) is 19.0. The van der Waals surface area contributed by atoms with Gasteiger partial charge in [-0.1, -0.05) is 25.3 Å². The summed E-state index contributed by atoms with van der Waals surface area (Å²) in [5, 5.41) is 4.21. The molecular weight excluding hydrogens is 367 g/mol. The van der Waals surface area contributed by atoms with Gasteiger partial charge in [-0.3, -0.25) is 4.79 Å². The molecule has 2 aliphatic rings. The summed E-state index contributed by atoms with van der Waals surface area (Å²) in [5.74, 6) is 1.23. The summed E-state index contributed by atoms with van der Waals surface area (Å²) in [5.41, 5.74) is 0.603. The summed E-state index contributed by atoms with van der Waals surface area (Å²) in [4.78, 5) is 15.0. The molecule has 4 nitrogen and oxygen atoms in total. The standard InChI is InChI=1S/C21H24F3N3O/c1-14-19(20(28)26-10-9-15-5-2-3-6-16(15)13-26)12-25-27(14)18-8-4-7-17(11-18)21(22,23)24/h4,7-8,11-12,15-16H,2-3,5-6,9-10,13H2,1H3. The number of benzene rings is 1. The van der Waals surface area contributed by atoms with Crippen molar-refractivity contribution in [2.75, 3.05) is 13.1 Å². The first-order chi connectivity index (χ1) is 13.3. The summed E-state index contributed by atoms with van der Waals surface area (Å²) in [7, 11) is 0. The maximum Gasteiger partial charge on any atom is 0.416 e. The number of halogens is 3. The molecule has 2 atom stereocenters. The fourth-order valence-corrected chi connectivity index (χ4v) is 4.65. The fourth-order valence-electron chi connectivity index (χ4n) is 4.65. The monoisotopic (exact) mass is 391 g/mol. The molecule has 1 aromatic heterocycles. The number of carbonyl (C=O) groups excluding carboxylic acids is 1. The van der Waals surface area contributed by atoms with E-state index in [0.29, 0.717) is 22.9 Å². The molecule has 0 radical (unpaired) electrons. The molecule has 1 aromatic carbocycles. The first-order valence-corrected chi connectivity index (χ1v) is 9.86. The number of carbonyl (C=O) groups is 1. The van der Waals surface area contributed by atoms with Crippen LogP contribution in [0.15, 0.2) is 30.5 Å². The minimum absolute atomic E-state index is 0.0697. The molecule has 1 aliphatic heterocycles. The Bertz CT molecular complexity index is 874. The molecule has 2 heterocycles. The zero-order valence-electron chi connectivity index (χ0n) is 15.9. The van der Waals surface area contributed by atoms with Crippen molar-refractivity contribution in [3.63, 3.8) is 0 Å². The van der Waals surface area contributed by atoms with Gasteiger partial charge in [0.05, 0.1) is 28.7 Å². The van der Waals surface area contributed by atoms with Crippen LogP contribution in [0.4, 0.5) is 13.2 Å². The lowest BCUT2D eigenvalue weighted by Crippen LogP contribution is -2.44. The Hall–Kier alpha value is -2.31. The van der Waals surface area contributed by atoms with Crippen LogP contribution in [-0.2, 0) is 6.18 Å². The van der Waals surface area contributed by atoms with Crippen LogP contribution in [0.3, 0.4) is 0 Å². The van der Waals surface area contributed by atoms with Gasteiger partial charge in [0, 0.05) is 13.1 Å². The van der Waals surface area contributed by atoms with Crippen LogP contribution in [0.5, 0.6) is 0 Å². The van der Waals surface area contributed by atoms with Crippen molar-refractivity contribution in [1.29, 1.82) is 0 Å². The van der Waals surface area contributed by atoms with Gasteiger partial charge in [0.25, 0.3) is 5.91 Å². The first-order valence-electron chi connectivity index (χ1n) is 9.86. The normalized spacial score (nSPS) is 22.8. The van der Waals surface area contributed by atoms with Crippen LogP contribution in [0, 0.1) is 18.8 Å². The smallest absolute Gasteiger partial charge is 0.338 e. The van der Waals surface area contributed by atoms with E-state index in [2.05, 4.69) is 5.10 Å². The van der Waals surface area contributed by atoms with E-state index in [1.807, 2.05) is 4.90 Å². The van der Waals surface area contributed by atoms with Gasteiger partial charge in [-0.15, -0.1) is 0 Å². The number of rotatable bonds is 2. The number of hydrogen-bond acceptors (Lipinski definition) is 2. The SMILES string of the molecule is Cc1c(C(=O)N2CCC3CCCCC3C2)cnn1-c1cccc(C(F)(F)F)c1. The number of nitrogens with zero attached hydrogens (tertiary/aromatic N) is 3. The summed E-state index contributed by atoms with van der Waals surface area (Å²) in [6.45, 7) is 3.25. The topological polar surface area (TPSA) is 38.1 Å². The fraction of sp³-hybridized carbons (Fsp3) is 0.524. The molecule has 4 rings (SSSR count). The van der Waals surface area contributed by atoms with Gasteiger partial charge in [-0.2, -0.15) is 18.3 Å². The number of fused-ring (bicyclic) bond motifs is 1. The lowest BCUT2D eigenvalue weighted by molar-refractivity contribution is -0.137. The Morgan fingerprint density at radius 3 is 2.64 bits per heavy atom. The molecule has 2 fully saturated rings. The Kier molecular flexibility index (Phi) is 4.93. The van der Waals surface area contributed by atoms with E-state index in [1.54, 1.807) is 13.0 Å². The van der Waals surface area contributed by atoms with Gasteiger partial charge in [-0.05, 0) is 49.8 Å². The summed E-state index contributed by atoms with van der Waals surface area (Å²) in [6.07, 6.45) is 3.06. The maximum absolute atomic E-state index is 13.1. The highest BCUT2D eigenvalue weighted by Crippen LogP contribution is 2.36. The van der Waals surface area contributed by atoms with Gasteiger partial charge in [0.1, 0.15) is 0 Å². The zero-order chi connectivity index (χ0) is 19.9. The van der Waals surface area contributed by atoms with Gasteiger partial charge < -0.3 is 4.90 Å². The molecule has 0 spiro atoms. The van der Waals surface area contributed by atoms with Crippen LogP contribution in [0.2, 0.25) is 0 Å². The Balaban J connectivity index is 1.56. The maximum atomic E-state index is 13.1. The van der Waals surface area contributed by atoms with Crippen molar-refractivity contribution in [3.8, 4) is 5.69 Å². The molecule has 28 heavy (non-hydrogen) atoms. The molecule has 1 saturated carbocycles. The van der Waals surface area contributed by atoms with E-state index < -0.39 is 11.7 Å². The third-order valence-corrected chi connectivity index (χ3v) is 6.24. The quantitative estimate of drug-likeness (QED) is 0.734. The van der Waals surface area contributed by atoms with Gasteiger partial charge >= 0.3 is 6.18 Å². The molecule has 1 aliphatic carbocycles. The van der Waals surface area contributed by atoms with Crippen LogP contribution < -0.4 is 0 Å². The van der Waals surface area contributed by atoms with E-state index in [4.69, 9.17) is 0 Å². The molecule has 1 saturated heterocycles. The molecule has 0 bridgehead atoms. The Morgan fingerprint density at radius 2 is 1.89 bits per heavy atom. The lowest BCUT2D eigenvalue weighted by atomic mass is 9.75. The highest BCUT2D eigenvalue weighted by Gasteiger charge is 2.34. The summed E-state index contributed by atoms with van der Waals surface area (Å²) >= 11 is 0. The number of likely N-dealkylation sites (tertiary alicyclic amines) is 1. The predicted octanol–water partition coefficient (Wildman–Crippen LogP) is 4.85. The highest BCUT2D eigenvalue weighted by atomic mass is 19.4. The number of piperidine rings is 1. The second kappa shape index (κ2) is 7.26. The van der Waals surface area contributed by atoms with Crippen LogP contribution >= 0.6 is 0 Å². The molecule has 1 amide bonds. The minimum Gasteiger partial charge on any atom is -0.338 e. The number of hydrogen-bond donors (Lipinski definition) is 0. The number of aromatic nitrogens is 2. The third-order valence-electron chi connectivity index (χ3n) is 6.24. The zero-order valence-corrected chi connectivity index (χ0v) is 15.9. The third kappa shape index (κ3) is 3.54. The molecule has 2 unspecified atom stereocenters. The largest absolute Gasteiger partial charge is 0.416 e. The van der Waals surface area contributed by atoms with Crippen molar-refractivity contribution in [2.45, 2.75) is 45.2 Å². The molecule has 0 N–H and O–H groups in total. The summed E-state index contributed by atoms with van der Waals surface area (Å²) < 4.78 is 40.4. The van der Waals surface area contributed by atoms with Crippen LogP contribution in [-0.4, -0.2) is 33.7 Å². The van der Waals surface area contributed by atoms with Gasteiger partial charge in [0.15, 0.2) is 0 Å². The summed E-state index contributed by atoms with van der Waals surface area (Å²) in [6, 6.07) is 5.01. The van der Waals surface area contributed by atoms with Gasteiger partial charge in [0.2, 0.25) is 0 Å². The number of alkyl halides is 3. The second-order valence-electron chi connectivity index (χ2n) is 7.95.